The maximum atomic E-state index is 13.5. The van der Waals surface area contributed by atoms with Gasteiger partial charge in [-0.05, 0) is 46.7 Å². The average Bonchev–Trinajstić information content (AvgIpc) is 2.65. The molecule has 1 heterocycles. The molecule has 0 spiro atoms. The lowest BCUT2D eigenvalue weighted by atomic mass is 10.1. The first-order valence-electron chi connectivity index (χ1n) is 5.10. The summed E-state index contributed by atoms with van der Waals surface area (Å²) in [7, 11) is 1.82. The minimum atomic E-state index is -0.420. The minimum absolute atomic E-state index is 0.106. The van der Waals surface area contributed by atoms with E-state index in [0.717, 1.165) is 14.9 Å². The highest BCUT2D eigenvalue weighted by Crippen LogP contribution is 2.37. The summed E-state index contributed by atoms with van der Waals surface area (Å²) in [6.45, 7) is 0. The second-order valence-corrected chi connectivity index (χ2v) is 6.61. The Morgan fingerprint density at radius 3 is 2.56 bits per heavy atom. The van der Waals surface area contributed by atoms with Gasteiger partial charge in [-0.1, -0.05) is 29.3 Å². The quantitative estimate of drug-likeness (QED) is 0.778. The summed E-state index contributed by atoms with van der Waals surface area (Å²) in [5.41, 5.74) is 0.810. The Bertz CT molecular complexity index is 554. The highest BCUT2D eigenvalue weighted by molar-refractivity contribution is 9.10. The molecule has 6 heteroatoms. The third-order valence-electron chi connectivity index (χ3n) is 2.51. The van der Waals surface area contributed by atoms with E-state index < -0.39 is 5.82 Å². The molecule has 2 aromatic rings. The van der Waals surface area contributed by atoms with E-state index in [0.29, 0.717) is 4.34 Å². The summed E-state index contributed by atoms with van der Waals surface area (Å²) in [5.74, 6) is -0.420. The van der Waals surface area contributed by atoms with E-state index in [-0.39, 0.29) is 11.1 Å². The standard InChI is InChI=1S/C12H9BrCl2FNS/c1-17-11(10-5-7(13)12(15)18-10)6-2-3-8(14)9(16)4-6/h2-5,11,17H,1H3. The lowest BCUT2D eigenvalue weighted by molar-refractivity contribution is 0.618. The van der Waals surface area contributed by atoms with E-state index in [1.54, 1.807) is 12.1 Å². The van der Waals surface area contributed by atoms with Crippen molar-refractivity contribution in [2.24, 2.45) is 0 Å². The van der Waals surface area contributed by atoms with Gasteiger partial charge < -0.3 is 5.32 Å². The van der Waals surface area contributed by atoms with Crippen LogP contribution in [0.15, 0.2) is 28.7 Å². The van der Waals surface area contributed by atoms with Crippen molar-refractivity contribution in [3.63, 3.8) is 0 Å². The Balaban J connectivity index is 2.41. The van der Waals surface area contributed by atoms with E-state index in [1.807, 2.05) is 13.1 Å². The monoisotopic (exact) mass is 367 g/mol. The van der Waals surface area contributed by atoms with Crippen molar-refractivity contribution >= 4 is 50.5 Å². The van der Waals surface area contributed by atoms with Crippen LogP contribution < -0.4 is 5.32 Å². The van der Waals surface area contributed by atoms with Crippen LogP contribution in [0.25, 0.3) is 0 Å². The van der Waals surface area contributed by atoms with Crippen LogP contribution in [-0.4, -0.2) is 7.05 Å². The van der Waals surface area contributed by atoms with Crippen molar-refractivity contribution in [1.82, 2.24) is 5.32 Å². The molecule has 0 fully saturated rings. The van der Waals surface area contributed by atoms with Gasteiger partial charge in [0.1, 0.15) is 10.2 Å². The Morgan fingerprint density at radius 2 is 2.06 bits per heavy atom. The van der Waals surface area contributed by atoms with Crippen molar-refractivity contribution in [3.8, 4) is 0 Å². The number of rotatable bonds is 3. The maximum Gasteiger partial charge on any atom is 0.142 e. The lowest BCUT2D eigenvalue weighted by Gasteiger charge is -2.15. The topological polar surface area (TPSA) is 12.0 Å². The zero-order valence-corrected chi connectivity index (χ0v) is 13.2. The zero-order valence-electron chi connectivity index (χ0n) is 9.31. The Morgan fingerprint density at radius 1 is 1.33 bits per heavy atom. The fraction of sp³-hybridized carbons (Fsp3) is 0.167. The number of benzene rings is 1. The molecule has 0 bridgehead atoms. The van der Waals surface area contributed by atoms with Crippen LogP contribution in [0.3, 0.4) is 0 Å². The van der Waals surface area contributed by atoms with Crippen molar-refractivity contribution in [2.75, 3.05) is 7.05 Å². The normalized spacial score (nSPS) is 12.7. The minimum Gasteiger partial charge on any atom is -0.309 e. The van der Waals surface area contributed by atoms with E-state index in [4.69, 9.17) is 23.2 Å². The molecule has 1 N–H and O–H groups in total. The van der Waals surface area contributed by atoms with Crippen LogP contribution in [-0.2, 0) is 0 Å². The maximum absolute atomic E-state index is 13.5. The van der Waals surface area contributed by atoms with Gasteiger partial charge in [0.25, 0.3) is 0 Å². The third kappa shape index (κ3) is 2.89. The van der Waals surface area contributed by atoms with Crippen LogP contribution in [0.4, 0.5) is 4.39 Å². The average molecular weight is 369 g/mol. The highest BCUT2D eigenvalue weighted by atomic mass is 79.9. The van der Waals surface area contributed by atoms with E-state index in [1.165, 1.54) is 17.4 Å². The number of halogens is 4. The molecular weight excluding hydrogens is 360 g/mol. The molecular formula is C12H9BrCl2FNS. The first-order chi connectivity index (χ1) is 8.52. The Hall–Kier alpha value is -0.130. The van der Waals surface area contributed by atoms with Gasteiger partial charge in [-0.2, -0.15) is 0 Å². The van der Waals surface area contributed by atoms with Gasteiger partial charge in [0.05, 0.1) is 11.1 Å². The van der Waals surface area contributed by atoms with Crippen molar-refractivity contribution in [3.05, 3.63) is 54.4 Å². The van der Waals surface area contributed by atoms with Crippen molar-refractivity contribution < 1.29 is 4.39 Å². The summed E-state index contributed by atoms with van der Waals surface area (Å²) >= 11 is 16.5. The molecule has 96 valence electrons. The molecule has 1 aromatic carbocycles. The lowest BCUT2D eigenvalue weighted by Crippen LogP contribution is -2.16. The molecule has 1 aromatic heterocycles. The number of hydrogen-bond donors (Lipinski definition) is 1. The van der Waals surface area contributed by atoms with Gasteiger partial charge in [-0.15, -0.1) is 11.3 Å². The van der Waals surface area contributed by atoms with Gasteiger partial charge in [-0.25, -0.2) is 4.39 Å². The Kier molecular flexibility index (Phi) is 4.67. The molecule has 0 aliphatic carbocycles. The van der Waals surface area contributed by atoms with Gasteiger partial charge in [0.2, 0.25) is 0 Å². The van der Waals surface area contributed by atoms with Crippen molar-refractivity contribution in [1.29, 1.82) is 0 Å². The van der Waals surface area contributed by atoms with Crippen LogP contribution in [0, 0.1) is 5.82 Å². The first-order valence-corrected chi connectivity index (χ1v) is 7.46. The largest absolute Gasteiger partial charge is 0.309 e. The zero-order chi connectivity index (χ0) is 13.3. The fourth-order valence-corrected chi connectivity index (χ4v) is 3.66. The summed E-state index contributed by atoms with van der Waals surface area (Å²) in [4.78, 5) is 1.01. The molecule has 0 saturated carbocycles. The van der Waals surface area contributed by atoms with Gasteiger partial charge in [0.15, 0.2) is 0 Å². The number of thiophene rings is 1. The molecule has 0 aliphatic heterocycles. The van der Waals surface area contributed by atoms with E-state index in [2.05, 4.69) is 21.2 Å². The molecule has 0 amide bonds. The number of nitrogens with one attached hydrogen (secondary N) is 1. The molecule has 2 rings (SSSR count). The van der Waals surface area contributed by atoms with E-state index >= 15 is 0 Å². The summed E-state index contributed by atoms with van der Waals surface area (Å²) in [6.07, 6.45) is 0. The van der Waals surface area contributed by atoms with Crippen LogP contribution in [0.5, 0.6) is 0 Å². The summed E-state index contributed by atoms with van der Waals surface area (Å²) in [6, 6.07) is 6.62. The van der Waals surface area contributed by atoms with Crippen molar-refractivity contribution in [2.45, 2.75) is 6.04 Å². The summed E-state index contributed by atoms with van der Waals surface area (Å²) in [5, 5.41) is 3.27. The SMILES string of the molecule is CNC(c1ccc(Cl)c(F)c1)c1cc(Br)c(Cl)s1. The first kappa shape index (κ1) is 14.3. The fourth-order valence-electron chi connectivity index (χ4n) is 1.67. The van der Waals surface area contributed by atoms with Crippen LogP contribution in [0.1, 0.15) is 16.5 Å². The highest BCUT2D eigenvalue weighted by Gasteiger charge is 2.17. The van der Waals surface area contributed by atoms with Crippen LogP contribution >= 0.6 is 50.5 Å². The molecule has 1 atom stereocenters. The Labute approximate surface area is 127 Å². The van der Waals surface area contributed by atoms with Gasteiger partial charge in [0, 0.05) is 9.35 Å². The second kappa shape index (κ2) is 5.88. The van der Waals surface area contributed by atoms with E-state index in [9.17, 15) is 4.39 Å². The second-order valence-electron chi connectivity index (χ2n) is 3.67. The van der Waals surface area contributed by atoms with Gasteiger partial charge >= 0.3 is 0 Å². The molecule has 18 heavy (non-hydrogen) atoms. The van der Waals surface area contributed by atoms with Crippen LogP contribution in [0.2, 0.25) is 9.36 Å². The molecule has 0 aliphatic rings. The predicted molar refractivity (Wildman–Crippen MR) is 79.3 cm³/mol. The molecule has 0 saturated heterocycles. The van der Waals surface area contributed by atoms with Gasteiger partial charge in [-0.3, -0.25) is 0 Å². The molecule has 0 radical (unpaired) electrons. The molecule has 1 nitrogen and oxygen atoms in total. The smallest absolute Gasteiger partial charge is 0.142 e. The predicted octanol–water partition coefficient (Wildman–Crippen LogP) is 5.27. The number of hydrogen-bond acceptors (Lipinski definition) is 2. The summed E-state index contributed by atoms with van der Waals surface area (Å²) < 4.78 is 15.0. The third-order valence-corrected chi connectivity index (χ3v) is 5.36. The molecule has 1 unspecified atom stereocenters.